The summed E-state index contributed by atoms with van der Waals surface area (Å²) in [5, 5.41) is 7.17. The molecule has 0 saturated heterocycles. The highest BCUT2D eigenvalue weighted by Crippen LogP contribution is 2.32. The first-order valence-electron chi connectivity index (χ1n) is 12.4. The molecule has 196 valence electrons. The van der Waals surface area contributed by atoms with Crippen LogP contribution in [-0.2, 0) is 6.18 Å². The second-order valence-corrected chi connectivity index (χ2v) is 9.39. The van der Waals surface area contributed by atoms with Crippen LogP contribution >= 0.6 is 0 Å². The highest BCUT2D eigenvalue weighted by molar-refractivity contribution is 6.04. The van der Waals surface area contributed by atoms with Gasteiger partial charge in [0.1, 0.15) is 11.4 Å². The Morgan fingerprint density at radius 1 is 1.11 bits per heavy atom. The molecule has 1 saturated carbocycles. The minimum atomic E-state index is -4.64. The van der Waals surface area contributed by atoms with Crippen LogP contribution in [0.3, 0.4) is 0 Å². The number of aromatic nitrogens is 4. The standard InChI is InChI=1S/C28H26F3N5O2/c1-18-6-7-22(35-27(37)20-8-11-33-26(12-20)28(29,30)31)13-24(18)36-16-21(14-34-36)23-15-32-10-9-25(23)38-17-19-4-2-3-5-19/h6-16,19H,2-5,17H2,1H3,(H,35,37). The molecular formula is C28H26F3N5O2. The predicted molar refractivity (Wildman–Crippen MR) is 136 cm³/mol. The number of alkyl halides is 3. The van der Waals surface area contributed by atoms with Crippen LogP contribution in [0, 0.1) is 12.8 Å². The van der Waals surface area contributed by atoms with Crippen molar-refractivity contribution in [3.8, 4) is 22.6 Å². The van der Waals surface area contributed by atoms with E-state index in [1.54, 1.807) is 41.5 Å². The van der Waals surface area contributed by atoms with E-state index in [2.05, 4.69) is 20.4 Å². The van der Waals surface area contributed by atoms with Crippen molar-refractivity contribution in [2.75, 3.05) is 11.9 Å². The molecule has 3 heterocycles. The molecule has 0 aliphatic heterocycles. The molecule has 1 fully saturated rings. The van der Waals surface area contributed by atoms with E-state index in [1.807, 2.05) is 19.2 Å². The zero-order valence-corrected chi connectivity index (χ0v) is 20.7. The number of amides is 1. The molecule has 1 amide bonds. The van der Waals surface area contributed by atoms with E-state index in [4.69, 9.17) is 4.74 Å². The number of aryl methyl sites for hydroxylation is 1. The van der Waals surface area contributed by atoms with Gasteiger partial charge in [-0.05, 0) is 61.6 Å². The molecule has 1 aliphatic rings. The maximum atomic E-state index is 13.0. The molecule has 0 bridgehead atoms. The van der Waals surface area contributed by atoms with Crippen molar-refractivity contribution in [2.24, 2.45) is 5.92 Å². The lowest BCUT2D eigenvalue weighted by Crippen LogP contribution is -2.15. The molecule has 3 aromatic heterocycles. The van der Waals surface area contributed by atoms with E-state index in [0.717, 1.165) is 34.7 Å². The van der Waals surface area contributed by atoms with Crippen LogP contribution in [0.25, 0.3) is 16.8 Å². The van der Waals surface area contributed by atoms with Crippen LogP contribution < -0.4 is 10.1 Å². The lowest BCUT2D eigenvalue weighted by Gasteiger charge is -2.13. The summed E-state index contributed by atoms with van der Waals surface area (Å²) in [6.45, 7) is 2.58. The topological polar surface area (TPSA) is 81.9 Å². The fourth-order valence-corrected chi connectivity index (χ4v) is 4.57. The lowest BCUT2D eigenvalue weighted by molar-refractivity contribution is -0.141. The molecule has 1 N–H and O–H groups in total. The smallest absolute Gasteiger partial charge is 0.433 e. The van der Waals surface area contributed by atoms with Crippen LogP contribution in [0.1, 0.15) is 47.3 Å². The number of carbonyl (C=O) groups excluding carboxylic acids is 1. The van der Waals surface area contributed by atoms with Gasteiger partial charge in [0.05, 0.1) is 18.5 Å². The number of nitrogens with zero attached hydrogens (tertiary/aromatic N) is 4. The molecule has 7 nitrogen and oxygen atoms in total. The summed E-state index contributed by atoms with van der Waals surface area (Å²) in [5.74, 6) is 0.652. The highest BCUT2D eigenvalue weighted by atomic mass is 19.4. The molecule has 10 heteroatoms. The number of halogens is 3. The van der Waals surface area contributed by atoms with Crippen molar-refractivity contribution in [2.45, 2.75) is 38.8 Å². The number of hydrogen-bond acceptors (Lipinski definition) is 5. The zero-order chi connectivity index (χ0) is 26.7. The summed E-state index contributed by atoms with van der Waals surface area (Å²) < 4.78 is 46.8. The Balaban J connectivity index is 1.35. The third-order valence-corrected chi connectivity index (χ3v) is 6.65. The van der Waals surface area contributed by atoms with Gasteiger partial charge >= 0.3 is 6.18 Å². The van der Waals surface area contributed by atoms with E-state index >= 15 is 0 Å². The molecule has 0 atom stereocenters. The number of rotatable bonds is 7. The van der Waals surface area contributed by atoms with Gasteiger partial charge in [0.2, 0.25) is 0 Å². The minimum absolute atomic E-state index is 0.141. The largest absolute Gasteiger partial charge is 0.493 e. The van der Waals surface area contributed by atoms with Crippen LogP contribution in [0.4, 0.5) is 18.9 Å². The highest BCUT2D eigenvalue weighted by Gasteiger charge is 2.33. The van der Waals surface area contributed by atoms with Crippen LogP contribution in [0.5, 0.6) is 5.75 Å². The number of anilines is 1. The van der Waals surface area contributed by atoms with E-state index in [9.17, 15) is 18.0 Å². The Morgan fingerprint density at radius 2 is 1.92 bits per heavy atom. The van der Waals surface area contributed by atoms with Crippen molar-refractivity contribution >= 4 is 11.6 Å². The van der Waals surface area contributed by atoms with Gasteiger partial charge < -0.3 is 10.1 Å². The van der Waals surface area contributed by atoms with Crippen LogP contribution in [0.2, 0.25) is 0 Å². The molecule has 0 spiro atoms. The number of benzene rings is 1. The molecule has 38 heavy (non-hydrogen) atoms. The van der Waals surface area contributed by atoms with Crippen molar-refractivity contribution in [3.63, 3.8) is 0 Å². The minimum Gasteiger partial charge on any atom is -0.493 e. The Bertz CT molecular complexity index is 1440. The lowest BCUT2D eigenvalue weighted by atomic mass is 10.1. The fraction of sp³-hybridized carbons (Fsp3) is 0.286. The predicted octanol–water partition coefficient (Wildman–Crippen LogP) is 6.48. The Kier molecular flexibility index (Phi) is 7.13. The molecule has 0 radical (unpaired) electrons. The van der Waals surface area contributed by atoms with Crippen LogP contribution in [0.15, 0.2) is 67.4 Å². The monoisotopic (exact) mass is 521 g/mol. The van der Waals surface area contributed by atoms with Crippen LogP contribution in [-0.4, -0.2) is 32.3 Å². The van der Waals surface area contributed by atoms with Crippen molar-refractivity contribution in [3.05, 3.63) is 84.2 Å². The SMILES string of the molecule is Cc1ccc(NC(=O)c2ccnc(C(F)(F)F)c2)cc1-n1cc(-c2cnccc2OCC2CCCC2)cn1. The molecule has 4 aromatic rings. The fourth-order valence-electron chi connectivity index (χ4n) is 4.57. The van der Waals surface area contributed by atoms with Gasteiger partial charge in [-0.15, -0.1) is 0 Å². The summed E-state index contributed by atoms with van der Waals surface area (Å²) in [7, 11) is 0. The van der Waals surface area contributed by atoms with Crippen molar-refractivity contribution in [1.82, 2.24) is 19.7 Å². The first kappa shape index (κ1) is 25.4. The quantitative estimate of drug-likeness (QED) is 0.301. The third kappa shape index (κ3) is 5.69. The number of nitrogens with one attached hydrogen (secondary N) is 1. The number of carbonyl (C=O) groups is 1. The summed E-state index contributed by atoms with van der Waals surface area (Å²) >= 11 is 0. The van der Waals surface area contributed by atoms with E-state index in [1.165, 1.54) is 31.7 Å². The summed E-state index contributed by atoms with van der Waals surface area (Å²) in [6.07, 6.45) is 8.23. The Morgan fingerprint density at radius 3 is 2.71 bits per heavy atom. The third-order valence-electron chi connectivity index (χ3n) is 6.65. The van der Waals surface area contributed by atoms with Crippen molar-refractivity contribution in [1.29, 1.82) is 0 Å². The average molecular weight is 522 g/mol. The van der Waals surface area contributed by atoms with Gasteiger partial charge in [0.25, 0.3) is 5.91 Å². The average Bonchev–Trinajstić information content (AvgIpc) is 3.61. The molecule has 5 rings (SSSR count). The molecule has 1 aliphatic carbocycles. The van der Waals surface area contributed by atoms with E-state index in [-0.39, 0.29) is 5.56 Å². The van der Waals surface area contributed by atoms with Gasteiger partial charge in [-0.1, -0.05) is 18.9 Å². The normalized spacial score (nSPS) is 14.0. The van der Waals surface area contributed by atoms with Gasteiger partial charge in [-0.2, -0.15) is 18.3 Å². The second kappa shape index (κ2) is 10.6. The summed E-state index contributed by atoms with van der Waals surface area (Å²) in [4.78, 5) is 20.2. The summed E-state index contributed by atoms with van der Waals surface area (Å²) in [5.41, 5.74) is 2.40. The first-order chi connectivity index (χ1) is 18.3. The van der Waals surface area contributed by atoms with Gasteiger partial charge in [0, 0.05) is 47.2 Å². The maximum absolute atomic E-state index is 13.0. The molecular weight excluding hydrogens is 495 g/mol. The Labute approximate surface area is 217 Å². The van der Waals surface area contributed by atoms with E-state index < -0.39 is 17.8 Å². The Hall–Kier alpha value is -4.21. The number of ether oxygens (including phenoxy) is 1. The van der Waals surface area contributed by atoms with Gasteiger partial charge in [-0.3, -0.25) is 14.8 Å². The number of pyridine rings is 2. The molecule has 0 unspecified atom stereocenters. The van der Waals surface area contributed by atoms with Gasteiger partial charge in [0.15, 0.2) is 0 Å². The number of hydrogen-bond donors (Lipinski definition) is 1. The van der Waals surface area contributed by atoms with E-state index in [0.29, 0.717) is 23.9 Å². The zero-order valence-electron chi connectivity index (χ0n) is 20.7. The molecule has 1 aromatic carbocycles. The van der Waals surface area contributed by atoms with Gasteiger partial charge in [-0.25, -0.2) is 4.68 Å². The summed E-state index contributed by atoms with van der Waals surface area (Å²) in [6, 6.07) is 9.02. The first-order valence-corrected chi connectivity index (χ1v) is 12.4. The second-order valence-electron chi connectivity index (χ2n) is 9.39. The van der Waals surface area contributed by atoms with Crippen molar-refractivity contribution < 1.29 is 22.7 Å². The maximum Gasteiger partial charge on any atom is 0.433 e.